The molecule has 34 heavy (non-hydrogen) atoms. The summed E-state index contributed by atoms with van der Waals surface area (Å²) >= 11 is 0. The Balaban J connectivity index is 0.000000347. The summed E-state index contributed by atoms with van der Waals surface area (Å²) in [6.07, 6.45) is 0. The lowest BCUT2D eigenvalue weighted by Gasteiger charge is -2.06. The largest absolute Gasteiger partial charge is 0.673 e. The van der Waals surface area contributed by atoms with Gasteiger partial charge in [0.25, 0.3) is 0 Å². The summed E-state index contributed by atoms with van der Waals surface area (Å²) in [6, 6.07) is 23.1. The van der Waals surface area contributed by atoms with Crippen molar-refractivity contribution < 1.29 is 34.5 Å². The molecule has 4 aromatic carbocycles. The molecule has 0 aromatic heterocycles. The third-order valence-electron chi connectivity index (χ3n) is 4.28. The van der Waals surface area contributed by atoms with Crippen LogP contribution >= 0.6 is 0 Å². The first kappa shape index (κ1) is 26.1. The molecule has 4 rings (SSSR count). The molecule has 0 aliphatic rings. The van der Waals surface area contributed by atoms with E-state index in [4.69, 9.17) is 0 Å². The first-order valence-corrected chi connectivity index (χ1v) is 9.32. The molecule has 0 spiro atoms. The highest BCUT2D eigenvalue weighted by atomic mass is 19.5. The summed E-state index contributed by atoms with van der Waals surface area (Å²) in [5, 5.41) is 22.9. The van der Waals surface area contributed by atoms with Gasteiger partial charge in [-0.2, -0.15) is 0 Å². The molecule has 0 amide bonds. The van der Waals surface area contributed by atoms with Crippen molar-refractivity contribution in [1.82, 2.24) is 0 Å². The molecule has 0 fully saturated rings. The van der Waals surface area contributed by atoms with Crippen LogP contribution in [0.2, 0.25) is 0 Å². The molecule has 4 nitrogen and oxygen atoms in total. The Labute approximate surface area is 187 Å². The minimum atomic E-state index is -6.00. The molecular weight excluding hydrogens is 470 g/mol. The van der Waals surface area contributed by atoms with E-state index in [0.717, 1.165) is 32.7 Å². The smallest absolute Gasteiger partial charge is 0.418 e. The second-order valence-corrected chi connectivity index (χ2v) is 6.55. The molecule has 0 bridgehead atoms. The van der Waals surface area contributed by atoms with Crippen molar-refractivity contribution >= 4 is 47.4 Å². The van der Waals surface area contributed by atoms with Gasteiger partial charge in [-0.3, -0.25) is 0 Å². The predicted octanol–water partition coefficient (Wildman–Crippen LogP) is 9.23. The number of fused-ring (bicyclic) bond motifs is 2. The Morgan fingerprint density at radius 1 is 0.471 bits per heavy atom. The van der Waals surface area contributed by atoms with Crippen LogP contribution in [0.25, 0.3) is 42.6 Å². The normalized spacial score (nSPS) is 10.9. The minimum absolute atomic E-state index is 0.440. The summed E-state index contributed by atoms with van der Waals surface area (Å²) < 4.78 is 78.0. The Morgan fingerprint density at radius 2 is 0.765 bits per heavy atom. The average molecular weight is 482 g/mol. The van der Waals surface area contributed by atoms with Gasteiger partial charge in [-0.25, -0.2) is 0 Å². The standard InChI is InChI=1S/C20H12N4.2BF4/c21-23-17-11-9-13-5-1-3-7-15(13)19(17)20-16-8-4-2-6-14(16)10-12-18(20)24-22;2*2-1(3,4)5/h1-12H;;/q+2;2*-1. The SMILES string of the molecule is F[B-](F)(F)F.F[B-](F)(F)F.N#[N+]c1ccc2ccccc2c1-c1c([N+]#N)ccc2ccccc12. The van der Waals surface area contributed by atoms with E-state index in [9.17, 15) is 45.3 Å². The summed E-state index contributed by atoms with van der Waals surface area (Å²) in [7, 11) is -12.0. The molecule has 0 N–H and O–H groups in total. The monoisotopic (exact) mass is 482 g/mol. The van der Waals surface area contributed by atoms with E-state index >= 15 is 0 Å². The summed E-state index contributed by atoms with van der Waals surface area (Å²) in [4.78, 5) is 6.91. The van der Waals surface area contributed by atoms with E-state index in [-0.39, 0.29) is 0 Å². The molecule has 4 aromatic rings. The fourth-order valence-corrected chi connectivity index (χ4v) is 3.21. The molecule has 0 heterocycles. The van der Waals surface area contributed by atoms with Gasteiger partial charge in [0.2, 0.25) is 10.8 Å². The maximum absolute atomic E-state index is 9.75. The second kappa shape index (κ2) is 10.6. The van der Waals surface area contributed by atoms with Crippen LogP contribution in [0, 0.1) is 10.8 Å². The third kappa shape index (κ3) is 7.45. The molecule has 0 saturated heterocycles. The van der Waals surface area contributed by atoms with Crippen LogP contribution in [-0.4, -0.2) is 14.5 Å². The number of diazo groups is 2. The lowest BCUT2D eigenvalue weighted by atomic mass is 9.91. The van der Waals surface area contributed by atoms with Gasteiger partial charge in [0, 0.05) is 12.1 Å². The van der Waals surface area contributed by atoms with Crippen LogP contribution in [-0.2, 0) is 0 Å². The van der Waals surface area contributed by atoms with E-state index in [1.165, 1.54) is 0 Å². The topological polar surface area (TPSA) is 56.3 Å². The van der Waals surface area contributed by atoms with Gasteiger partial charge in [0.05, 0.1) is 11.1 Å². The van der Waals surface area contributed by atoms with Crippen molar-refractivity contribution in [2.45, 2.75) is 0 Å². The molecule has 0 aliphatic heterocycles. The lowest BCUT2D eigenvalue weighted by Crippen LogP contribution is -2.02. The van der Waals surface area contributed by atoms with Crippen LogP contribution in [0.15, 0.2) is 72.8 Å². The second-order valence-electron chi connectivity index (χ2n) is 6.55. The van der Waals surface area contributed by atoms with Crippen molar-refractivity contribution in [3.63, 3.8) is 0 Å². The zero-order chi connectivity index (χ0) is 25.5. The zero-order valence-electron chi connectivity index (χ0n) is 16.9. The van der Waals surface area contributed by atoms with Gasteiger partial charge in [-0.1, -0.05) is 48.5 Å². The van der Waals surface area contributed by atoms with E-state index in [0.29, 0.717) is 11.4 Å². The van der Waals surface area contributed by atoms with E-state index in [1.807, 2.05) is 60.7 Å². The molecular formula is C20H12B2F8N4. The van der Waals surface area contributed by atoms with Crippen LogP contribution < -0.4 is 0 Å². The Bertz CT molecular complexity index is 1270. The van der Waals surface area contributed by atoms with Crippen LogP contribution in [0.3, 0.4) is 0 Å². The van der Waals surface area contributed by atoms with Crippen molar-refractivity contribution in [3.8, 4) is 11.1 Å². The Hall–Kier alpha value is -4.19. The van der Waals surface area contributed by atoms with Crippen molar-refractivity contribution in [2.75, 3.05) is 0 Å². The molecule has 14 heteroatoms. The molecule has 0 unspecified atom stereocenters. The summed E-state index contributed by atoms with van der Waals surface area (Å²) in [5.41, 5.74) is 2.38. The first-order chi connectivity index (χ1) is 15.8. The van der Waals surface area contributed by atoms with Gasteiger partial charge in [-0.05, 0) is 33.7 Å². The van der Waals surface area contributed by atoms with Crippen LogP contribution in [0.4, 0.5) is 45.9 Å². The van der Waals surface area contributed by atoms with E-state index in [1.54, 1.807) is 12.1 Å². The molecule has 0 atom stereocenters. The average Bonchev–Trinajstić information content (AvgIpc) is 2.75. The molecule has 0 saturated carbocycles. The highest BCUT2D eigenvalue weighted by Gasteiger charge is 2.28. The number of rotatable bonds is 1. The molecule has 174 valence electrons. The number of benzene rings is 4. The first-order valence-electron chi connectivity index (χ1n) is 9.32. The number of nitrogens with zero attached hydrogens (tertiary/aromatic N) is 4. The van der Waals surface area contributed by atoms with Gasteiger partial charge in [-0.15, -0.1) is 0 Å². The van der Waals surface area contributed by atoms with Gasteiger partial charge in [0.15, 0.2) is 9.95 Å². The highest BCUT2D eigenvalue weighted by molar-refractivity contribution is 6.50. The maximum atomic E-state index is 9.75. The quantitative estimate of drug-likeness (QED) is 0.154. The molecule has 0 aliphatic carbocycles. The Morgan fingerprint density at radius 3 is 1.06 bits per heavy atom. The van der Waals surface area contributed by atoms with Gasteiger partial charge < -0.3 is 34.5 Å². The molecule has 0 radical (unpaired) electrons. The van der Waals surface area contributed by atoms with Gasteiger partial charge in [0.1, 0.15) is 0 Å². The van der Waals surface area contributed by atoms with Crippen molar-refractivity contribution in [2.24, 2.45) is 0 Å². The summed E-state index contributed by atoms with van der Waals surface area (Å²) in [6.45, 7) is 0. The third-order valence-corrected chi connectivity index (χ3v) is 4.28. The predicted molar refractivity (Wildman–Crippen MR) is 117 cm³/mol. The number of halogens is 8. The highest BCUT2D eigenvalue weighted by Crippen LogP contribution is 2.45. The lowest BCUT2D eigenvalue weighted by molar-refractivity contribution is 0.366. The van der Waals surface area contributed by atoms with Crippen molar-refractivity contribution in [1.29, 1.82) is 10.8 Å². The van der Waals surface area contributed by atoms with Crippen molar-refractivity contribution in [3.05, 3.63) is 82.7 Å². The number of hydrogen-bond acceptors (Lipinski definition) is 2. The minimum Gasteiger partial charge on any atom is -0.418 e. The Kier molecular flexibility index (Phi) is 8.14. The summed E-state index contributed by atoms with van der Waals surface area (Å²) in [5.74, 6) is 0. The van der Waals surface area contributed by atoms with E-state index < -0.39 is 14.5 Å². The fourth-order valence-electron chi connectivity index (χ4n) is 3.21. The van der Waals surface area contributed by atoms with Gasteiger partial charge >= 0.3 is 25.9 Å². The maximum Gasteiger partial charge on any atom is 0.673 e. The van der Waals surface area contributed by atoms with Crippen LogP contribution in [0.5, 0.6) is 0 Å². The zero-order valence-corrected chi connectivity index (χ0v) is 16.9. The fraction of sp³-hybridized carbons (Fsp3) is 0. The number of hydrogen-bond donors (Lipinski definition) is 0. The van der Waals surface area contributed by atoms with E-state index in [2.05, 4.69) is 9.95 Å². The van der Waals surface area contributed by atoms with Crippen LogP contribution in [0.1, 0.15) is 0 Å².